The number of rotatable bonds is 7. The van der Waals surface area contributed by atoms with Gasteiger partial charge in [0.25, 0.3) is 0 Å². The Kier molecular flexibility index (Phi) is 6.24. The van der Waals surface area contributed by atoms with Crippen molar-refractivity contribution in [3.05, 3.63) is 42.5 Å². The van der Waals surface area contributed by atoms with E-state index in [1.54, 1.807) is 30.3 Å². The van der Waals surface area contributed by atoms with Crippen molar-refractivity contribution in [2.75, 3.05) is 46.1 Å². The summed E-state index contributed by atoms with van der Waals surface area (Å²) in [5.74, 6) is 0.401. The van der Waals surface area contributed by atoms with Crippen molar-refractivity contribution in [2.45, 2.75) is 0 Å². The van der Waals surface area contributed by atoms with Gasteiger partial charge < -0.3 is 14.2 Å². The molecule has 0 unspecified atom stereocenters. The van der Waals surface area contributed by atoms with Gasteiger partial charge in [-0.15, -0.1) is 0 Å². The number of carbonyl (C=O) groups excluding carboxylic acids is 1. The highest BCUT2D eigenvalue weighted by Gasteiger charge is 2.12. The van der Waals surface area contributed by atoms with Crippen LogP contribution in [0.5, 0.6) is 5.75 Å². The normalized spacial score (nSPS) is 15.4. The van der Waals surface area contributed by atoms with E-state index in [0.29, 0.717) is 24.5 Å². The van der Waals surface area contributed by atoms with Crippen molar-refractivity contribution >= 4 is 5.97 Å². The van der Waals surface area contributed by atoms with Crippen molar-refractivity contribution in [3.8, 4) is 5.75 Å². The van der Waals surface area contributed by atoms with Gasteiger partial charge in [-0.2, -0.15) is 0 Å². The van der Waals surface area contributed by atoms with Crippen molar-refractivity contribution < 1.29 is 19.0 Å². The van der Waals surface area contributed by atoms with Gasteiger partial charge in [-0.1, -0.05) is 12.7 Å². The smallest absolute Gasteiger partial charge is 0.338 e. The standard InChI is InChI=1S/C16H21NO4/c1-2-10-20-15-5-3-14(4-6-15)16(18)21-13-9-17-7-11-19-12-8-17/h2-6H,1,7-13H2. The fourth-order valence-corrected chi connectivity index (χ4v) is 2.02. The van der Waals surface area contributed by atoms with Crippen LogP contribution < -0.4 is 4.74 Å². The summed E-state index contributed by atoms with van der Waals surface area (Å²) in [4.78, 5) is 14.1. The third-order valence-corrected chi connectivity index (χ3v) is 3.20. The molecule has 0 aromatic heterocycles. The Bertz CT molecular complexity index is 452. The van der Waals surface area contributed by atoms with E-state index in [4.69, 9.17) is 14.2 Å². The van der Waals surface area contributed by atoms with Crippen LogP contribution in [0.15, 0.2) is 36.9 Å². The number of benzene rings is 1. The molecule has 1 heterocycles. The van der Waals surface area contributed by atoms with E-state index in [0.717, 1.165) is 32.8 Å². The Morgan fingerprint density at radius 2 is 2.00 bits per heavy atom. The maximum absolute atomic E-state index is 11.9. The number of nitrogens with zero attached hydrogens (tertiary/aromatic N) is 1. The Hall–Kier alpha value is -1.85. The molecule has 1 aliphatic heterocycles. The summed E-state index contributed by atoms with van der Waals surface area (Å²) in [5, 5.41) is 0. The monoisotopic (exact) mass is 291 g/mol. The van der Waals surface area contributed by atoms with Gasteiger partial charge in [0.2, 0.25) is 0 Å². The van der Waals surface area contributed by atoms with Crippen LogP contribution in [0, 0.1) is 0 Å². The third-order valence-electron chi connectivity index (χ3n) is 3.20. The van der Waals surface area contributed by atoms with Crippen LogP contribution in [0.25, 0.3) is 0 Å². The second kappa shape index (κ2) is 8.44. The van der Waals surface area contributed by atoms with Crippen LogP contribution >= 0.6 is 0 Å². The first-order valence-electron chi connectivity index (χ1n) is 7.10. The Labute approximate surface area is 125 Å². The van der Waals surface area contributed by atoms with E-state index in [9.17, 15) is 4.79 Å². The van der Waals surface area contributed by atoms with Crippen LogP contribution in [-0.2, 0) is 9.47 Å². The van der Waals surface area contributed by atoms with Crippen LogP contribution in [0.1, 0.15) is 10.4 Å². The second-order valence-corrected chi connectivity index (χ2v) is 4.71. The SMILES string of the molecule is C=CCOc1ccc(C(=O)OCCN2CCOCC2)cc1. The van der Waals surface area contributed by atoms with Crippen LogP contribution in [0.4, 0.5) is 0 Å². The number of esters is 1. The van der Waals surface area contributed by atoms with E-state index < -0.39 is 0 Å². The van der Waals surface area contributed by atoms with Gasteiger partial charge in [0.1, 0.15) is 19.0 Å². The first-order chi connectivity index (χ1) is 10.3. The zero-order valence-corrected chi connectivity index (χ0v) is 12.1. The molecule has 5 nitrogen and oxygen atoms in total. The van der Waals surface area contributed by atoms with Crippen LogP contribution in [0.3, 0.4) is 0 Å². The molecule has 0 atom stereocenters. The van der Waals surface area contributed by atoms with Gasteiger partial charge in [0, 0.05) is 19.6 Å². The highest BCUT2D eigenvalue weighted by atomic mass is 16.5. The number of ether oxygens (including phenoxy) is 3. The molecule has 0 radical (unpaired) electrons. The molecule has 0 spiro atoms. The van der Waals surface area contributed by atoms with Crippen molar-refractivity contribution in [1.29, 1.82) is 0 Å². The van der Waals surface area contributed by atoms with Gasteiger partial charge in [-0.25, -0.2) is 4.79 Å². The molecule has 1 aromatic carbocycles. The number of carbonyl (C=O) groups is 1. The molecule has 114 valence electrons. The van der Waals surface area contributed by atoms with Crippen molar-refractivity contribution in [3.63, 3.8) is 0 Å². The average molecular weight is 291 g/mol. The topological polar surface area (TPSA) is 48.0 Å². The lowest BCUT2D eigenvalue weighted by molar-refractivity contribution is 0.0195. The summed E-state index contributed by atoms with van der Waals surface area (Å²) in [6.45, 7) is 8.46. The minimum absolute atomic E-state index is 0.307. The molecule has 0 bridgehead atoms. The van der Waals surface area contributed by atoms with E-state index >= 15 is 0 Å². The first-order valence-corrected chi connectivity index (χ1v) is 7.10. The van der Waals surface area contributed by atoms with E-state index in [1.807, 2.05) is 0 Å². The summed E-state index contributed by atoms with van der Waals surface area (Å²) in [5.41, 5.74) is 0.530. The summed E-state index contributed by atoms with van der Waals surface area (Å²) in [7, 11) is 0. The predicted octanol–water partition coefficient (Wildman–Crippen LogP) is 1.74. The molecule has 0 saturated carbocycles. The molecule has 1 fully saturated rings. The van der Waals surface area contributed by atoms with Gasteiger partial charge >= 0.3 is 5.97 Å². The lowest BCUT2D eigenvalue weighted by atomic mass is 10.2. The van der Waals surface area contributed by atoms with Crippen LogP contribution in [-0.4, -0.2) is 56.9 Å². The van der Waals surface area contributed by atoms with Gasteiger partial charge in [0.05, 0.1) is 18.8 Å². The fourth-order valence-electron chi connectivity index (χ4n) is 2.02. The minimum Gasteiger partial charge on any atom is -0.490 e. The maximum Gasteiger partial charge on any atom is 0.338 e. The molecule has 0 aliphatic carbocycles. The predicted molar refractivity (Wildman–Crippen MR) is 79.7 cm³/mol. The van der Waals surface area contributed by atoms with Crippen molar-refractivity contribution in [1.82, 2.24) is 4.90 Å². The molecule has 0 N–H and O–H groups in total. The maximum atomic E-state index is 11.9. The molecule has 21 heavy (non-hydrogen) atoms. The number of morpholine rings is 1. The Morgan fingerprint density at radius 3 is 2.67 bits per heavy atom. The van der Waals surface area contributed by atoms with Gasteiger partial charge in [-0.3, -0.25) is 4.90 Å². The fraction of sp³-hybridized carbons (Fsp3) is 0.438. The average Bonchev–Trinajstić information content (AvgIpc) is 2.54. The zero-order valence-electron chi connectivity index (χ0n) is 12.1. The molecular weight excluding hydrogens is 270 g/mol. The Balaban J connectivity index is 1.73. The molecule has 5 heteroatoms. The lowest BCUT2D eigenvalue weighted by Gasteiger charge is -2.26. The van der Waals surface area contributed by atoms with Gasteiger partial charge in [-0.05, 0) is 24.3 Å². The molecule has 1 aromatic rings. The minimum atomic E-state index is -0.307. The molecular formula is C16H21NO4. The zero-order chi connectivity index (χ0) is 14.9. The van der Waals surface area contributed by atoms with E-state index in [1.165, 1.54) is 0 Å². The molecule has 1 aliphatic rings. The van der Waals surface area contributed by atoms with E-state index in [2.05, 4.69) is 11.5 Å². The number of hydrogen-bond acceptors (Lipinski definition) is 5. The Morgan fingerprint density at radius 1 is 1.29 bits per heavy atom. The summed E-state index contributed by atoms with van der Waals surface area (Å²) in [6, 6.07) is 6.91. The summed E-state index contributed by atoms with van der Waals surface area (Å²) >= 11 is 0. The van der Waals surface area contributed by atoms with Crippen LogP contribution in [0.2, 0.25) is 0 Å². The number of hydrogen-bond donors (Lipinski definition) is 0. The second-order valence-electron chi connectivity index (χ2n) is 4.71. The first kappa shape index (κ1) is 15.5. The summed E-state index contributed by atoms with van der Waals surface area (Å²) in [6.07, 6.45) is 1.67. The highest BCUT2D eigenvalue weighted by Crippen LogP contribution is 2.13. The molecule has 2 rings (SSSR count). The summed E-state index contributed by atoms with van der Waals surface area (Å²) < 4.78 is 15.9. The molecule has 1 saturated heterocycles. The molecule has 0 amide bonds. The van der Waals surface area contributed by atoms with Crippen molar-refractivity contribution in [2.24, 2.45) is 0 Å². The lowest BCUT2D eigenvalue weighted by Crippen LogP contribution is -2.38. The third kappa shape index (κ3) is 5.21. The largest absolute Gasteiger partial charge is 0.490 e. The quantitative estimate of drug-likeness (QED) is 0.566. The highest BCUT2D eigenvalue weighted by molar-refractivity contribution is 5.89. The van der Waals surface area contributed by atoms with E-state index in [-0.39, 0.29) is 5.97 Å². The van der Waals surface area contributed by atoms with Gasteiger partial charge in [0.15, 0.2) is 0 Å².